The van der Waals surface area contributed by atoms with Crippen molar-refractivity contribution < 1.29 is 9.72 Å². The van der Waals surface area contributed by atoms with E-state index in [-0.39, 0.29) is 11.6 Å². The number of aromatic nitrogens is 3. The molecule has 9 nitrogen and oxygen atoms in total. The monoisotopic (exact) mass is 308 g/mol. The van der Waals surface area contributed by atoms with Crippen molar-refractivity contribution in [2.24, 2.45) is 0 Å². The number of nitrogen functional groups attached to an aromatic ring is 1. The third-order valence-corrected chi connectivity index (χ3v) is 3.61. The Morgan fingerprint density at radius 1 is 1.48 bits per heavy atom. The van der Waals surface area contributed by atoms with E-state index in [4.69, 9.17) is 5.84 Å². The van der Waals surface area contributed by atoms with Gasteiger partial charge in [0.1, 0.15) is 6.33 Å². The van der Waals surface area contributed by atoms with Gasteiger partial charge >= 0.3 is 0 Å². The molecule has 0 bridgehead atoms. The first-order valence-electron chi connectivity index (χ1n) is 5.84. The van der Waals surface area contributed by atoms with Crippen LogP contribution in [0.5, 0.6) is 0 Å². The summed E-state index contributed by atoms with van der Waals surface area (Å²) in [5.74, 6) is 5.30. The predicted molar refractivity (Wildman–Crippen MR) is 77.2 cm³/mol. The van der Waals surface area contributed by atoms with Crippen LogP contribution < -0.4 is 11.2 Å². The van der Waals surface area contributed by atoms with Crippen molar-refractivity contribution in [2.45, 2.75) is 17.3 Å². The fraction of sp³-hybridized carbons (Fsp3) is 0.182. The first-order valence-corrected chi connectivity index (χ1v) is 6.72. The Kier molecular flexibility index (Phi) is 4.38. The van der Waals surface area contributed by atoms with Crippen LogP contribution in [-0.4, -0.2) is 31.0 Å². The van der Waals surface area contributed by atoms with Crippen molar-refractivity contribution >= 4 is 29.0 Å². The second kappa shape index (κ2) is 6.22. The molecule has 0 fully saturated rings. The van der Waals surface area contributed by atoms with E-state index in [2.05, 4.69) is 15.5 Å². The molecule has 1 atom stereocenters. The average molecular weight is 308 g/mol. The zero-order chi connectivity index (χ0) is 15.4. The van der Waals surface area contributed by atoms with Gasteiger partial charge < -0.3 is 11.2 Å². The second-order valence-corrected chi connectivity index (χ2v) is 5.38. The molecule has 21 heavy (non-hydrogen) atoms. The fourth-order valence-corrected chi connectivity index (χ4v) is 2.18. The van der Waals surface area contributed by atoms with E-state index < -0.39 is 10.2 Å². The molecule has 0 radical (unpaired) electrons. The van der Waals surface area contributed by atoms with Gasteiger partial charge in [-0.1, -0.05) is 11.8 Å². The zero-order valence-corrected chi connectivity index (χ0v) is 11.8. The minimum absolute atomic E-state index is 0.0355. The van der Waals surface area contributed by atoms with Crippen molar-refractivity contribution in [3.8, 4) is 0 Å². The van der Waals surface area contributed by atoms with Gasteiger partial charge in [-0.15, -0.1) is 10.2 Å². The van der Waals surface area contributed by atoms with Crippen LogP contribution in [0.3, 0.4) is 0 Å². The Morgan fingerprint density at radius 3 is 2.67 bits per heavy atom. The van der Waals surface area contributed by atoms with E-state index in [0.29, 0.717) is 10.8 Å². The topological polar surface area (TPSA) is 129 Å². The number of amides is 1. The maximum Gasteiger partial charge on any atom is 0.269 e. The van der Waals surface area contributed by atoms with Crippen LogP contribution in [0.2, 0.25) is 0 Å². The van der Waals surface area contributed by atoms with Crippen molar-refractivity contribution in [3.63, 3.8) is 0 Å². The first-order chi connectivity index (χ1) is 9.97. The van der Waals surface area contributed by atoms with Gasteiger partial charge in [0.25, 0.3) is 5.69 Å². The van der Waals surface area contributed by atoms with E-state index in [9.17, 15) is 14.9 Å². The Morgan fingerprint density at radius 2 is 2.14 bits per heavy atom. The largest absolute Gasteiger partial charge is 0.336 e. The molecule has 10 heteroatoms. The number of hydrogen-bond donors (Lipinski definition) is 2. The van der Waals surface area contributed by atoms with Crippen LogP contribution in [-0.2, 0) is 4.79 Å². The molecule has 0 aliphatic heterocycles. The molecule has 1 unspecified atom stereocenters. The number of hydrogen-bond acceptors (Lipinski definition) is 7. The molecule has 0 saturated heterocycles. The average Bonchev–Trinajstić information content (AvgIpc) is 2.84. The lowest BCUT2D eigenvalue weighted by Crippen LogP contribution is -2.23. The van der Waals surface area contributed by atoms with E-state index in [1.165, 1.54) is 35.3 Å². The van der Waals surface area contributed by atoms with Gasteiger partial charge in [-0.05, 0) is 19.1 Å². The van der Waals surface area contributed by atoms with Gasteiger partial charge in [-0.3, -0.25) is 14.9 Å². The third-order valence-electron chi connectivity index (χ3n) is 2.54. The van der Waals surface area contributed by atoms with Crippen LogP contribution in [0, 0.1) is 10.1 Å². The molecule has 0 aliphatic carbocycles. The molecule has 2 aromatic rings. The molecule has 1 heterocycles. The summed E-state index contributed by atoms with van der Waals surface area (Å²) >= 11 is 1.16. The van der Waals surface area contributed by atoms with E-state index >= 15 is 0 Å². The quantitative estimate of drug-likeness (QED) is 0.365. The van der Waals surface area contributed by atoms with Crippen molar-refractivity contribution in [3.05, 3.63) is 40.7 Å². The standard InChI is InChI=1S/C11H12N6O3S/c1-7(21-11-15-13-6-16(11)12)10(18)14-8-2-4-9(5-3-8)17(19)20/h2-7H,12H2,1H3,(H,14,18). The van der Waals surface area contributed by atoms with Crippen LogP contribution in [0.1, 0.15) is 6.92 Å². The lowest BCUT2D eigenvalue weighted by molar-refractivity contribution is -0.384. The molecule has 3 N–H and O–H groups in total. The highest BCUT2D eigenvalue weighted by Crippen LogP contribution is 2.21. The van der Waals surface area contributed by atoms with Gasteiger partial charge in [0.05, 0.1) is 10.2 Å². The highest BCUT2D eigenvalue weighted by Gasteiger charge is 2.17. The molecule has 1 amide bonds. The molecule has 0 aliphatic rings. The highest BCUT2D eigenvalue weighted by molar-refractivity contribution is 8.00. The fourth-order valence-electron chi connectivity index (χ4n) is 1.44. The van der Waals surface area contributed by atoms with Gasteiger partial charge in [0, 0.05) is 17.8 Å². The second-order valence-electron chi connectivity index (χ2n) is 4.07. The van der Waals surface area contributed by atoms with Gasteiger partial charge in [0.15, 0.2) is 0 Å². The summed E-state index contributed by atoms with van der Waals surface area (Å²) in [4.78, 5) is 22.0. The summed E-state index contributed by atoms with van der Waals surface area (Å²) in [6.45, 7) is 1.69. The number of carbonyl (C=O) groups excluding carboxylic acids is 1. The maximum atomic E-state index is 12.0. The maximum absolute atomic E-state index is 12.0. The summed E-state index contributed by atoms with van der Waals surface area (Å²) < 4.78 is 1.22. The normalized spacial score (nSPS) is 11.9. The molecule has 0 spiro atoms. The summed E-state index contributed by atoms with van der Waals surface area (Å²) in [5.41, 5.74) is 0.443. The highest BCUT2D eigenvalue weighted by atomic mass is 32.2. The number of rotatable bonds is 5. The van der Waals surface area contributed by atoms with Gasteiger partial charge in [-0.25, -0.2) is 4.68 Å². The molecular formula is C11H12N6O3S. The van der Waals surface area contributed by atoms with E-state index in [1.807, 2.05) is 0 Å². The minimum Gasteiger partial charge on any atom is -0.336 e. The van der Waals surface area contributed by atoms with E-state index in [1.54, 1.807) is 6.92 Å². The predicted octanol–water partition coefficient (Wildman–Crippen LogP) is 1.02. The minimum atomic E-state index is -0.502. The number of carbonyl (C=O) groups is 1. The lowest BCUT2D eigenvalue weighted by Gasteiger charge is -2.10. The summed E-state index contributed by atoms with van der Waals surface area (Å²) in [6.07, 6.45) is 1.34. The van der Waals surface area contributed by atoms with Crippen LogP contribution >= 0.6 is 11.8 Å². The molecule has 1 aromatic carbocycles. The SMILES string of the molecule is CC(Sc1nncn1N)C(=O)Nc1ccc([N+](=O)[O-])cc1. The summed E-state index contributed by atoms with van der Waals surface area (Å²) in [7, 11) is 0. The number of nitrogens with zero attached hydrogens (tertiary/aromatic N) is 4. The lowest BCUT2D eigenvalue weighted by atomic mass is 10.3. The number of nitrogens with one attached hydrogen (secondary N) is 1. The number of nitro benzene ring substituents is 1. The van der Waals surface area contributed by atoms with Crippen LogP contribution in [0.15, 0.2) is 35.7 Å². The van der Waals surface area contributed by atoms with Crippen molar-refractivity contribution in [1.29, 1.82) is 0 Å². The summed E-state index contributed by atoms with van der Waals surface area (Å²) in [6, 6.07) is 5.59. The van der Waals surface area contributed by atoms with Crippen molar-refractivity contribution in [1.82, 2.24) is 14.9 Å². The first kappa shape index (κ1) is 14.8. The Labute approximate surface area is 123 Å². The van der Waals surface area contributed by atoms with Crippen molar-refractivity contribution in [2.75, 3.05) is 11.2 Å². The molecule has 110 valence electrons. The van der Waals surface area contributed by atoms with Gasteiger partial charge in [0.2, 0.25) is 11.1 Å². The third kappa shape index (κ3) is 3.69. The molecular weight excluding hydrogens is 296 g/mol. The van der Waals surface area contributed by atoms with Crippen LogP contribution in [0.25, 0.3) is 0 Å². The zero-order valence-electron chi connectivity index (χ0n) is 11.0. The van der Waals surface area contributed by atoms with Gasteiger partial charge in [-0.2, -0.15) is 0 Å². The summed E-state index contributed by atoms with van der Waals surface area (Å²) in [5, 5.41) is 20.6. The molecule has 2 rings (SSSR count). The Bertz CT molecular complexity index is 656. The smallest absolute Gasteiger partial charge is 0.269 e. The van der Waals surface area contributed by atoms with E-state index in [0.717, 1.165) is 11.8 Å². The molecule has 0 saturated carbocycles. The number of anilines is 1. The number of nitro groups is 1. The number of thioether (sulfide) groups is 1. The number of nitrogens with two attached hydrogens (primary N) is 1. The Hall–Kier alpha value is -2.62. The Balaban J connectivity index is 1.97. The number of benzene rings is 1. The molecule has 1 aromatic heterocycles. The van der Waals surface area contributed by atoms with Crippen LogP contribution in [0.4, 0.5) is 11.4 Å². The number of non-ortho nitro benzene ring substituents is 1.